The van der Waals surface area contributed by atoms with E-state index in [0.717, 1.165) is 31.7 Å². The van der Waals surface area contributed by atoms with Gasteiger partial charge in [-0.3, -0.25) is 4.90 Å². The summed E-state index contributed by atoms with van der Waals surface area (Å²) in [6.45, 7) is 3.87. The Kier molecular flexibility index (Phi) is 4.24. The molecule has 1 heterocycles. The van der Waals surface area contributed by atoms with Gasteiger partial charge in [0.15, 0.2) is 0 Å². The van der Waals surface area contributed by atoms with Gasteiger partial charge in [0.25, 0.3) is 0 Å². The van der Waals surface area contributed by atoms with Crippen LogP contribution in [0.1, 0.15) is 37.0 Å². The number of rotatable bonds is 4. The van der Waals surface area contributed by atoms with Gasteiger partial charge in [-0.25, -0.2) is 0 Å². The van der Waals surface area contributed by atoms with Crippen LogP contribution in [0.5, 0.6) is 0 Å². The molecular formula is C14H23NO2. The predicted molar refractivity (Wildman–Crippen MR) is 67.7 cm³/mol. The van der Waals surface area contributed by atoms with Gasteiger partial charge < -0.3 is 9.52 Å². The minimum Gasteiger partial charge on any atom is -0.468 e. The fourth-order valence-corrected chi connectivity index (χ4v) is 2.68. The molecule has 1 saturated carbocycles. The van der Waals surface area contributed by atoms with Crippen LogP contribution in [0, 0.1) is 12.8 Å². The first-order valence-electron chi connectivity index (χ1n) is 6.56. The number of aryl methyl sites for hydroxylation is 1. The maximum absolute atomic E-state index is 9.95. The fraction of sp³-hybridized carbons (Fsp3) is 0.714. The van der Waals surface area contributed by atoms with Crippen LogP contribution in [0.3, 0.4) is 0 Å². The summed E-state index contributed by atoms with van der Waals surface area (Å²) in [6, 6.07) is 2.00. The van der Waals surface area contributed by atoms with Gasteiger partial charge in [-0.15, -0.1) is 0 Å². The van der Waals surface area contributed by atoms with Crippen molar-refractivity contribution < 1.29 is 9.52 Å². The standard InChI is InChI=1S/C14H23NO2/c1-11-7-8-17-14(11)10-15(2)9-12-5-3-4-6-13(12)16/h7-8,12-13,16H,3-6,9-10H2,1-2H3. The Morgan fingerprint density at radius 3 is 2.82 bits per heavy atom. The minimum absolute atomic E-state index is 0.108. The van der Waals surface area contributed by atoms with E-state index in [9.17, 15) is 5.11 Å². The quantitative estimate of drug-likeness (QED) is 0.874. The highest BCUT2D eigenvalue weighted by Gasteiger charge is 2.24. The summed E-state index contributed by atoms with van der Waals surface area (Å²) in [4.78, 5) is 2.26. The zero-order valence-corrected chi connectivity index (χ0v) is 10.9. The Morgan fingerprint density at radius 1 is 1.41 bits per heavy atom. The Bertz CT molecular complexity index is 348. The number of furan rings is 1. The molecule has 17 heavy (non-hydrogen) atoms. The van der Waals surface area contributed by atoms with E-state index in [1.54, 1.807) is 6.26 Å². The largest absolute Gasteiger partial charge is 0.468 e. The van der Waals surface area contributed by atoms with E-state index >= 15 is 0 Å². The van der Waals surface area contributed by atoms with Crippen LogP contribution in [0.2, 0.25) is 0 Å². The molecule has 2 atom stereocenters. The molecule has 1 aromatic rings. The van der Waals surface area contributed by atoms with E-state index in [1.807, 2.05) is 6.07 Å². The second-order valence-electron chi connectivity index (χ2n) is 5.34. The van der Waals surface area contributed by atoms with E-state index in [-0.39, 0.29) is 6.10 Å². The van der Waals surface area contributed by atoms with Gasteiger partial charge in [0.2, 0.25) is 0 Å². The lowest BCUT2D eigenvalue weighted by atomic mass is 9.86. The van der Waals surface area contributed by atoms with Crippen LogP contribution in [-0.2, 0) is 6.54 Å². The summed E-state index contributed by atoms with van der Waals surface area (Å²) in [5, 5.41) is 9.95. The Labute approximate surface area is 103 Å². The fourth-order valence-electron chi connectivity index (χ4n) is 2.68. The maximum atomic E-state index is 9.95. The summed E-state index contributed by atoms with van der Waals surface area (Å²) in [7, 11) is 2.10. The third-order valence-electron chi connectivity index (χ3n) is 3.80. The number of aliphatic hydroxyl groups is 1. The second-order valence-corrected chi connectivity index (χ2v) is 5.34. The van der Waals surface area contributed by atoms with Crippen LogP contribution in [0.25, 0.3) is 0 Å². The lowest BCUT2D eigenvalue weighted by Crippen LogP contribution is -2.34. The van der Waals surface area contributed by atoms with Crippen molar-refractivity contribution in [2.75, 3.05) is 13.6 Å². The van der Waals surface area contributed by atoms with Crippen molar-refractivity contribution in [1.29, 1.82) is 0 Å². The van der Waals surface area contributed by atoms with Crippen LogP contribution in [-0.4, -0.2) is 29.7 Å². The van der Waals surface area contributed by atoms with Gasteiger partial charge in [0.1, 0.15) is 5.76 Å². The first-order valence-corrected chi connectivity index (χ1v) is 6.56. The third kappa shape index (κ3) is 3.33. The number of hydrogen-bond acceptors (Lipinski definition) is 3. The van der Waals surface area contributed by atoms with Crippen molar-refractivity contribution in [3.8, 4) is 0 Å². The molecular weight excluding hydrogens is 214 g/mol. The molecule has 0 spiro atoms. The van der Waals surface area contributed by atoms with Crippen LogP contribution in [0.15, 0.2) is 16.7 Å². The van der Waals surface area contributed by atoms with Crippen molar-refractivity contribution in [1.82, 2.24) is 4.90 Å². The van der Waals surface area contributed by atoms with Gasteiger partial charge >= 0.3 is 0 Å². The summed E-state index contributed by atoms with van der Waals surface area (Å²) in [5.41, 5.74) is 1.21. The second kappa shape index (κ2) is 5.69. The number of nitrogens with zero attached hydrogens (tertiary/aromatic N) is 1. The molecule has 1 N–H and O–H groups in total. The van der Waals surface area contributed by atoms with E-state index in [1.165, 1.54) is 18.4 Å². The number of aliphatic hydroxyl groups excluding tert-OH is 1. The first kappa shape index (κ1) is 12.7. The highest BCUT2D eigenvalue weighted by Crippen LogP contribution is 2.25. The molecule has 2 rings (SSSR count). The third-order valence-corrected chi connectivity index (χ3v) is 3.80. The summed E-state index contributed by atoms with van der Waals surface area (Å²) < 4.78 is 5.45. The molecule has 0 radical (unpaired) electrons. The van der Waals surface area contributed by atoms with Crippen molar-refractivity contribution in [3.63, 3.8) is 0 Å². The van der Waals surface area contributed by atoms with Gasteiger partial charge in [-0.05, 0) is 44.4 Å². The zero-order chi connectivity index (χ0) is 12.3. The van der Waals surface area contributed by atoms with E-state index in [4.69, 9.17) is 4.42 Å². The van der Waals surface area contributed by atoms with Crippen molar-refractivity contribution in [2.45, 2.75) is 45.3 Å². The van der Waals surface area contributed by atoms with Gasteiger partial charge in [0.05, 0.1) is 18.9 Å². The highest BCUT2D eigenvalue weighted by molar-refractivity contribution is 5.14. The first-order chi connectivity index (χ1) is 8.16. The van der Waals surface area contributed by atoms with Gasteiger partial charge in [0, 0.05) is 6.54 Å². The zero-order valence-electron chi connectivity index (χ0n) is 10.9. The van der Waals surface area contributed by atoms with E-state index in [2.05, 4.69) is 18.9 Å². The average molecular weight is 237 g/mol. The van der Waals surface area contributed by atoms with Gasteiger partial charge in [-0.2, -0.15) is 0 Å². The van der Waals surface area contributed by atoms with Crippen LogP contribution in [0.4, 0.5) is 0 Å². The van der Waals surface area contributed by atoms with E-state index in [0.29, 0.717) is 5.92 Å². The summed E-state index contributed by atoms with van der Waals surface area (Å²) in [6.07, 6.45) is 6.20. The molecule has 0 bridgehead atoms. The molecule has 96 valence electrons. The topological polar surface area (TPSA) is 36.6 Å². The normalized spacial score (nSPS) is 25.4. The molecule has 0 saturated heterocycles. The van der Waals surface area contributed by atoms with E-state index < -0.39 is 0 Å². The molecule has 0 amide bonds. The van der Waals surface area contributed by atoms with Crippen LogP contribution >= 0.6 is 0 Å². The molecule has 3 nitrogen and oxygen atoms in total. The average Bonchev–Trinajstić information content (AvgIpc) is 2.68. The maximum Gasteiger partial charge on any atom is 0.120 e. The number of hydrogen-bond donors (Lipinski definition) is 1. The summed E-state index contributed by atoms with van der Waals surface area (Å²) >= 11 is 0. The summed E-state index contributed by atoms with van der Waals surface area (Å²) in [5.74, 6) is 1.47. The van der Waals surface area contributed by atoms with Gasteiger partial charge in [-0.1, -0.05) is 12.8 Å². The molecule has 0 aliphatic heterocycles. The van der Waals surface area contributed by atoms with Crippen molar-refractivity contribution in [3.05, 3.63) is 23.7 Å². The molecule has 3 heteroatoms. The molecule has 0 aromatic carbocycles. The van der Waals surface area contributed by atoms with Crippen molar-refractivity contribution in [2.24, 2.45) is 5.92 Å². The molecule has 1 fully saturated rings. The smallest absolute Gasteiger partial charge is 0.120 e. The Balaban J connectivity index is 1.84. The van der Waals surface area contributed by atoms with Crippen LogP contribution < -0.4 is 0 Å². The molecule has 2 unspecified atom stereocenters. The Hall–Kier alpha value is -0.800. The molecule has 1 aliphatic rings. The minimum atomic E-state index is -0.108. The Morgan fingerprint density at radius 2 is 2.18 bits per heavy atom. The van der Waals surface area contributed by atoms with Crippen molar-refractivity contribution >= 4 is 0 Å². The lowest BCUT2D eigenvalue weighted by molar-refractivity contribution is 0.0490. The molecule has 1 aliphatic carbocycles. The monoisotopic (exact) mass is 237 g/mol. The lowest BCUT2D eigenvalue weighted by Gasteiger charge is -2.30. The highest BCUT2D eigenvalue weighted by atomic mass is 16.3. The predicted octanol–water partition coefficient (Wildman–Crippen LogP) is 2.57. The SMILES string of the molecule is Cc1ccoc1CN(C)CC1CCCCC1O. The molecule has 1 aromatic heterocycles.